The molecular weight excluding hydrogens is 562 g/mol. The first-order valence-corrected chi connectivity index (χ1v) is 12.9. The third-order valence-corrected chi connectivity index (χ3v) is 7.37. The topological polar surface area (TPSA) is 111 Å². The molecule has 0 saturated carbocycles. The zero-order valence-corrected chi connectivity index (χ0v) is 23.1. The Bertz CT molecular complexity index is 1720. The molecule has 2 aliphatic rings. The van der Waals surface area contributed by atoms with Gasteiger partial charge in [-0.25, -0.2) is 14.4 Å². The van der Waals surface area contributed by atoms with Crippen LogP contribution < -0.4 is 19.7 Å². The monoisotopic (exact) mass is 582 g/mol. The number of amides is 2. The fraction of sp³-hybridized carbons (Fsp3) is 0.222. The minimum Gasteiger partial charge on any atom is -0.480 e. The molecule has 10 nitrogen and oxygen atoms in total. The number of halogens is 3. The minimum absolute atomic E-state index is 0.0000882. The predicted octanol–water partition coefficient (Wildman–Crippen LogP) is 5.24. The molecule has 0 aliphatic carbocycles. The van der Waals surface area contributed by atoms with Crippen molar-refractivity contribution >= 4 is 46.4 Å². The van der Waals surface area contributed by atoms with Gasteiger partial charge in [-0.1, -0.05) is 29.3 Å². The number of benzene rings is 2. The van der Waals surface area contributed by atoms with Crippen molar-refractivity contribution in [2.75, 3.05) is 24.4 Å². The molecule has 2 aromatic heterocycles. The van der Waals surface area contributed by atoms with Crippen LogP contribution >= 0.6 is 23.2 Å². The van der Waals surface area contributed by atoms with Crippen LogP contribution in [0.1, 0.15) is 41.6 Å². The molecular formula is C27H21Cl2FN6O4. The van der Waals surface area contributed by atoms with Crippen LogP contribution in [0.25, 0.3) is 11.4 Å². The van der Waals surface area contributed by atoms with Crippen LogP contribution in [-0.2, 0) is 10.3 Å². The van der Waals surface area contributed by atoms with E-state index >= 15 is 0 Å². The van der Waals surface area contributed by atoms with Crippen molar-refractivity contribution < 1.29 is 23.5 Å². The minimum atomic E-state index is -1.76. The third kappa shape index (κ3) is 3.50. The molecule has 0 bridgehead atoms. The summed E-state index contributed by atoms with van der Waals surface area (Å²) < 4.78 is 27.0. The highest BCUT2D eigenvalue weighted by Gasteiger charge is 2.64. The zero-order valence-electron chi connectivity index (χ0n) is 21.6. The van der Waals surface area contributed by atoms with Gasteiger partial charge in [0, 0.05) is 33.5 Å². The average molecular weight is 583 g/mol. The van der Waals surface area contributed by atoms with Gasteiger partial charge in [-0.05, 0) is 44.2 Å². The smallest absolute Gasteiger partial charge is 0.319 e. The van der Waals surface area contributed by atoms with E-state index in [0.29, 0.717) is 33.4 Å². The fourth-order valence-corrected chi connectivity index (χ4v) is 5.84. The van der Waals surface area contributed by atoms with Gasteiger partial charge in [0.1, 0.15) is 11.6 Å². The summed E-state index contributed by atoms with van der Waals surface area (Å²) in [6, 6.07) is 8.35. The Kier molecular flexibility index (Phi) is 5.97. The predicted molar refractivity (Wildman–Crippen MR) is 146 cm³/mol. The fourth-order valence-electron chi connectivity index (χ4n) is 5.45. The number of anilines is 2. The summed E-state index contributed by atoms with van der Waals surface area (Å²) in [6.07, 6.45) is 1.48. The highest BCUT2D eigenvalue weighted by atomic mass is 35.5. The van der Waals surface area contributed by atoms with E-state index in [1.165, 1.54) is 31.4 Å². The quantitative estimate of drug-likeness (QED) is 0.342. The standard InChI is InChI=1S/C27H21Cl2FN6O4/c1-12(2)35-21-20(33-22(35)17-11-31-26(40-4)34-23(17)39-3)24(37)36(16-8-14(29)7-15(30)10-16)27(21)18-6-5-13(28)9-19(18)32-25(27)38/h5-12H,1-4H3,(H,32,38). The molecule has 4 aromatic rings. The summed E-state index contributed by atoms with van der Waals surface area (Å²) in [5.41, 5.74) is -0.147. The number of ether oxygens (including phenoxy) is 2. The molecule has 2 aliphatic heterocycles. The Morgan fingerprint density at radius 2 is 1.80 bits per heavy atom. The number of hydrogen-bond donors (Lipinski definition) is 1. The van der Waals surface area contributed by atoms with Crippen molar-refractivity contribution in [1.29, 1.82) is 0 Å². The van der Waals surface area contributed by atoms with E-state index in [-0.39, 0.29) is 34.3 Å². The lowest BCUT2D eigenvalue weighted by atomic mass is 9.87. The van der Waals surface area contributed by atoms with Crippen molar-refractivity contribution in [3.8, 4) is 23.3 Å². The Morgan fingerprint density at radius 1 is 1.02 bits per heavy atom. The van der Waals surface area contributed by atoms with Crippen molar-refractivity contribution in [3.05, 3.63) is 75.4 Å². The highest BCUT2D eigenvalue weighted by molar-refractivity contribution is 6.32. The molecule has 2 amide bonds. The van der Waals surface area contributed by atoms with Crippen molar-refractivity contribution in [2.24, 2.45) is 0 Å². The Hall–Kier alpha value is -4.22. The normalized spacial score (nSPS) is 17.4. The summed E-state index contributed by atoms with van der Waals surface area (Å²) in [5.74, 6) is -1.36. The number of aromatic nitrogens is 4. The summed E-state index contributed by atoms with van der Waals surface area (Å²) in [6.45, 7) is 3.77. The maximum Gasteiger partial charge on any atom is 0.319 e. The lowest BCUT2D eigenvalue weighted by Gasteiger charge is -2.35. The van der Waals surface area contributed by atoms with E-state index in [1.807, 2.05) is 13.8 Å². The highest BCUT2D eigenvalue weighted by Crippen LogP contribution is 2.54. The van der Waals surface area contributed by atoms with Gasteiger partial charge >= 0.3 is 6.01 Å². The molecule has 1 spiro atoms. The molecule has 0 radical (unpaired) electrons. The number of nitrogens with zero attached hydrogens (tertiary/aromatic N) is 5. The first-order valence-electron chi connectivity index (χ1n) is 12.1. The van der Waals surface area contributed by atoms with Crippen LogP contribution in [-0.4, -0.2) is 45.6 Å². The van der Waals surface area contributed by atoms with Crippen LogP contribution in [0.2, 0.25) is 10.0 Å². The Morgan fingerprint density at radius 3 is 2.48 bits per heavy atom. The summed E-state index contributed by atoms with van der Waals surface area (Å²) >= 11 is 12.5. The summed E-state index contributed by atoms with van der Waals surface area (Å²) in [4.78, 5) is 42.9. The molecule has 204 valence electrons. The van der Waals surface area contributed by atoms with Crippen LogP contribution in [0.3, 0.4) is 0 Å². The number of nitrogens with one attached hydrogen (secondary N) is 1. The number of rotatable bonds is 5. The van der Waals surface area contributed by atoms with Gasteiger partial charge < -0.3 is 19.4 Å². The van der Waals surface area contributed by atoms with Crippen LogP contribution in [0.4, 0.5) is 15.8 Å². The number of hydrogen-bond acceptors (Lipinski definition) is 7. The second-order valence-corrected chi connectivity index (χ2v) is 10.4. The van der Waals surface area contributed by atoms with Gasteiger partial charge in [0.15, 0.2) is 11.2 Å². The number of carbonyl (C=O) groups is 2. The van der Waals surface area contributed by atoms with E-state index < -0.39 is 23.2 Å². The van der Waals surface area contributed by atoms with E-state index in [1.54, 1.807) is 22.8 Å². The SMILES string of the molecule is COc1ncc(-c2nc3c(n2C(C)C)C2(C(=O)Nc4cc(Cl)ccc42)N(c2cc(F)cc(Cl)c2)C3=O)c(OC)n1. The summed E-state index contributed by atoms with van der Waals surface area (Å²) in [7, 11) is 2.87. The Labute approximate surface area is 237 Å². The molecule has 1 atom stereocenters. The molecule has 40 heavy (non-hydrogen) atoms. The van der Waals surface area contributed by atoms with Crippen molar-refractivity contribution in [2.45, 2.75) is 25.4 Å². The van der Waals surface area contributed by atoms with Gasteiger partial charge in [-0.2, -0.15) is 4.98 Å². The van der Waals surface area contributed by atoms with Crippen molar-refractivity contribution in [3.63, 3.8) is 0 Å². The maximum atomic E-state index is 14.6. The lowest BCUT2D eigenvalue weighted by molar-refractivity contribution is -0.119. The van der Waals surface area contributed by atoms with Gasteiger partial charge in [-0.3, -0.25) is 14.5 Å². The van der Waals surface area contributed by atoms with E-state index in [4.69, 9.17) is 37.7 Å². The molecule has 6 rings (SSSR count). The molecule has 4 heterocycles. The average Bonchev–Trinajstić information content (AvgIpc) is 3.51. The Balaban J connectivity index is 1.72. The van der Waals surface area contributed by atoms with E-state index in [0.717, 1.165) is 12.1 Å². The van der Waals surface area contributed by atoms with Gasteiger partial charge in [0.25, 0.3) is 11.8 Å². The molecule has 1 unspecified atom stereocenters. The second-order valence-electron chi connectivity index (χ2n) is 9.50. The van der Waals surface area contributed by atoms with Gasteiger partial charge in [0.2, 0.25) is 5.88 Å². The first-order chi connectivity index (χ1) is 19.1. The summed E-state index contributed by atoms with van der Waals surface area (Å²) in [5, 5.41) is 3.31. The molecule has 0 saturated heterocycles. The lowest BCUT2D eigenvalue weighted by Crippen LogP contribution is -2.51. The molecule has 1 N–H and O–H groups in total. The maximum absolute atomic E-state index is 14.6. The number of carbonyl (C=O) groups excluding carboxylic acids is 2. The van der Waals surface area contributed by atoms with Crippen LogP contribution in [0.5, 0.6) is 11.9 Å². The number of imidazole rings is 1. The molecule has 0 fully saturated rings. The largest absolute Gasteiger partial charge is 0.480 e. The zero-order chi connectivity index (χ0) is 28.5. The number of fused-ring (bicyclic) bond motifs is 4. The van der Waals surface area contributed by atoms with Gasteiger partial charge in [-0.15, -0.1) is 0 Å². The molecule has 2 aromatic carbocycles. The van der Waals surface area contributed by atoms with Crippen LogP contribution in [0.15, 0.2) is 42.6 Å². The second kappa shape index (κ2) is 9.17. The first kappa shape index (κ1) is 26.0. The van der Waals surface area contributed by atoms with Gasteiger partial charge in [0.05, 0.1) is 31.2 Å². The van der Waals surface area contributed by atoms with Crippen LogP contribution in [0, 0.1) is 5.82 Å². The number of methoxy groups -OCH3 is 2. The van der Waals surface area contributed by atoms with E-state index in [9.17, 15) is 14.0 Å². The third-order valence-electron chi connectivity index (χ3n) is 6.91. The molecule has 13 heteroatoms. The van der Waals surface area contributed by atoms with E-state index in [2.05, 4.69) is 15.3 Å². The van der Waals surface area contributed by atoms with Crippen molar-refractivity contribution in [1.82, 2.24) is 19.5 Å².